The van der Waals surface area contributed by atoms with Crippen LogP contribution in [0.25, 0.3) is 0 Å². The fourth-order valence-electron chi connectivity index (χ4n) is 1.69. The van der Waals surface area contributed by atoms with Crippen LogP contribution in [0.5, 0.6) is 0 Å². The van der Waals surface area contributed by atoms with Gasteiger partial charge in [0.15, 0.2) is 0 Å². The molecule has 1 heterocycles. The summed E-state index contributed by atoms with van der Waals surface area (Å²) in [6, 6.07) is 3.60. The monoisotopic (exact) mass is 418 g/mol. The predicted molar refractivity (Wildman–Crippen MR) is 87.4 cm³/mol. The van der Waals surface area contributed by atoms with Crippen molar-refractivity contribution in [1.82, 2.24) is 4.98 Å². The summed E-state index contributed by atoms with van der Waals surface area (Å²) in [5.41, 5.74) is 2.12. The van der Waals surface area contributed by atoms with Crippen LogP contribution in [0.2, 0.25) is 0 Å². The third-order valence-electron chi connectivity index (χ3n) is 2.57. The molecule has 0 unspecified atom stereocenters. The van der Waals surface area contributed by atoms with Crippen molar-refractivity contribution >= 4 is 54.9 Å². The summed E-state index contributed by atoms with van der Waals surface area (Å²) in [7, 11) is 1.37. The molecule has 0 aliphatic rings. The minimum Gasteiger partial charge on any atom is -0.465 e. The molecule has 0 amide bonds. The van der Waals surface area contributed by atoms with Gasteiger partial charge < -0.3 is 10.1 Å². The van der Waals surface area contributed by atoms with Gasteiger partial charge >= 0.3 is 5.97 Å². The normalized spacial score (nSPS) is 10.4. The Hall–Kier alpha value is -0.920. The average Bonchev–Trinajstić information content (AvgIpc) is 2.81. The predicted octanol–water partition coefficient (Wildman–Crippen LogP) is 4.38. The van der Waals surface area contributed by atoms with Gasteiger partial charge in [-0.1, -0.05) is 15.9 Å². The van der Waals surface area contributed by atoms with Crippen molar-refractivity contribution in [1.29, 1.82) is 0 Å². The van der Waals surface area contributed by atoms with Crippen molar-refractivity contribution < 1.29 is 9.53 Å². The number of aryl methyl sites for hydroxylation is 1. The molecule has 2 rings (SSSR count). The second-order valence-electron chi connectivity index (χ2n) is 4.01. The number of halogens is 2. The third-order valence-corrected chi connectivity index (χ3v) is 4.48. The lowest BCUT2D eigenvalue weighted by atomic mass is 10.2. The summed E-state index contributed by atoms with van der Waals surface area (Å²) in [6.45, 7) is 2.51. The first-order valence-electron chi connectivity index (χ1n) is 5.73. The number of rotatable bonds is 4. The summed E-state index contributed by atoms with van der Waals surface area (Å²) in [6.07, 6.45) is 0. The summed E-state index contributed by atoms with van der Waals surface area (Å²) in [5, 5.41) is 6.24. The number of methoxy groups -OCH3 is 1. The highest BCUT2D eigenvalue weighted by Gasteiger charge is 2.16. The molecule has 106 valence electrons. The molecule has 1 N–H and O–H groups in total. The molecule has 0 radical (unpaired) electrons. The van der Waals surface area contributed by atoms with Gasteiger partial charge in [-0.25, -0.2) is 9.78 Å². The molecule has 0 bridgehead atoms. The lowest BCUT2D eigenvalue weighted by Crippen LogP contribution is -2.09. The number of esters is 1. The highest BCUT2D eigenvalue weighted by molar-refractivity contribution is 9.11. The second kappa shape index (κ2) is 6.69. The molecule has 0 saturated carbocycles. The zero-order valence-electron chi connectivity index (χ0n) is 10.9. The number of benzene rings is 1. The summed E-state index contributed by atoms with van der Waals surface area (Å²) >= 11 is 8.42. The van der Waals surface area contributed by atoms with Crippen molar-refractivity contribution in [2.24, 2.45) is 0 Å². The average molecular weight is 420 g/mol. The molecule has 20 heavy (non-hydrogen) atoms. The van der Waals surface area contributed by atoms with Gasteiger partial charge in [-0.15, -0.1) is 11.3 Å². The van der Waals surface area contributed by atoms with E-state index in [0.717, 1.165) is 19.6 Å². The van der Waals surface area contributed by atoms with Gasteiger partial charge in [0, 0.05) is 14.3 Å². The number of ether oxygens (including phenoxy) is 1. The first-order chi connectivity index (χ1) is 9.51. The minimum atomic E-state index is -0.385. The molecule has 0 atom stereocenters. The number of anilines is 1. The topological polar surface area (TPSA) is 51.2 Å². The maximum absolute atomic E-state index is 11.8. The van der Waals surface area contributed by atoms with Gasteiger partial charge in [0.2, 0.25) is 0 Å². The highest BCUT2D eigenvalue weighted by atomic mass is 79.9. The van der Waals surface area contributed by atoms with E-state index in [0.29, 0.717) is 17.8 Å². The standard InChI is InChI=1S/C13H12Br2N2O2S/c1-7-17-9(6-20-7)5-16-12-10(13(18)19-2)3-8(14)4-11(12)15/h3-4,6,16H,5H2,1-2H3. The largest absolute Gasteiger partial charge is 0.465 e. The van der Waals surface area contributed by atoms with Gasteiger partial charge in [0.05, 0.1) is 35.6 Å². The van der Waals surface area contributed by atoms with E-state index in [2.05, 4.69) is 42.2 Å². The number of hydrogen-bond donors (Lipinski definition) is 1. The molecule has 0 spiro atoms. The Bertz CT molecular complexity index is 643. The van der Waals surface area contributed by atoms with E-state index < -0.39 is 0 Å². The third kappa shape index (κ3) is 3.59. The van der Waals surface area contributed by atoms with Crippen LogP contribution in [0.1, 0.15) is 21.1 Å². The van der Waals surface area contributed by atoms with Crippen LogP contribution in [0.4, 0.5) is 5.69 Å². The van der Waals surface area contributed by atoms with Crippen LogP contribution in [-0.2, 0) is 11.3 Å². The lowest BCUT2D eigenvalue weighted by Gasteiger charge is -2.12. The second-order valence-corrected chi connectivity index (χ2v) is 6.85. The van der Waals surface area contributed by atoms with E-state index in [1.165, 1.54) is 7.11 Å². The first kappa shape index (κ1) is 15.5. The smallest absolute Gasteiger partial charge is 0.340 e. The zero-order valence-corrected chi connectivity index (χ0v) is 14.9. The van der Waals surface area contributed by atoms with Crippen LogP contribution >= 0.6 is 43.2 Å². The van der Waals surface area contributed by atoms with Crippen LogP contribution in [-0.4, -0.2) is 18.1 Å². The number of carbonyl (C=O) groups excluding carboxylic acids is 1. The zero-order chi connectivity index (χ0) is 14.7. The van der Waals surface area contributed by atoms with Crippen LogP contribution in [0, 0.1) is 6.92 Å². The number of thiazole rings is 1. The highest BCUT2D eigenvalue weighted by Crippen LogP contribution is 2.31. The van der Waals surface area contributed by atoms with E-state index in [9.17, 15) is 4.79 Å². The van der Waals surface area contributed by atoms with Gasteiger partial charge in [-0.2, -0.15) is 0 Å². The molecule has 2 aromatic rings. The molecule has 0 fully saturated rings. The molecule has 1 aromatic heterocycles. The van der Waals surface area contributed by atoms with Gasteiger partial charge in [-0.05, 0) is 35.0 Å². The molecule has 1 aromatic carbocycles. The van der Waals surface area contributed by atoms with Crippen LogP contribution in [0.15, 0.2) is 26.5 Å². The van der Waals surface area contributed by atoms with E-state index in [1.807, 2.05) is 18.4 Å². The maximum atomic E-state index is 11.8. The molecule has 0 aliphatic carbocycles. The van der Waals surface area contributed by atoms with Crippen LogP contribution < -0.4 is 5.32 Å². The molecule has 7 heteroatoms. The van der Waals surface area contributed by atoms with Crippen molar-refractivity contribution in [2.45, 2.75) is 13.5 Å². The summed E-state index contributed by atoms with van der Waals surface area (Å²) in [4.78, 5) is 16.2. The van der Waals surface area contributed by atoms with Crippen LogP contribution in [0.3, 0.4) is 0 Å². The van der Waals surface area contributed by atoms with E-state index in [-0.39, 0.29) is 5.97 Å². The quantitative estimate of drug-likeness (QED) is 0.747. The molecule has 0 saturated heterocycles. The van der Waals surface area contributed by atoms with E-state index in [1.54, 1.807) is 17.4 Å². The molecule has 0 aliphatic heterocycles. The molecular weight excluding hydrogens is 408 g/mol. The lowest BCUT2D eigenvalue weighted by molar-refractivity contribution is 0.0601. The minimum absolute atomic E-state index is 0.385. The fourth-order valence-corrected chi connectivity index (χ4v) is 3.67. The Morgan fingerprint density at radius 1 is 1.45 bits per heavy atom. The Morgan fingerprint density at radius 2 is 2.20 bits per heavy atom. The number of hydrogen-bond acceptors (Lipinski definition) is 5. The summed E-state index contributed by atoms with van der Waals surface area (Å²) < 4.78 is 6.41. The van der Waals surface area contributed by atoms with Crippen molar-refractivity contribution in [3.63, 3.8) is 0 Å². The Morgan fingerprint density at radius 3 is 2.80 bits per heavy atom. The number of carbonyl (C=O) groups is 1. The Labute approximate surface area is 137 Å². The molecule has 4 nitrogen and oxygen atoms in total. The van der Waals surface area contributed by atoms with Gasteiger partial charge in [0.25, 0.3) is 0 Å². The number of aromatic nitrogens is 1. The number of nitrogens with zero attached hydrogens (tertiary/aromatic N) is 1. The van der Waals surface area contributed by atoms with Crippen molar-refractivity contribution in [3.05, 3.63) is 42.7 Å². The number of nitrogens with one attached hydrogen (secondary N) is 1. The molecular formula is C13H12Br2N2O2S. The Balaban J connectivity index is 2.27. The van der Waals surface area contributed by atoms with Crippen molar-refractivity contribution in [3.8, 4) is 0 Å². The van der Waals surface area contributed by atoms with Crippen molar-refractivity contribution in [2.75, 3.05) is 12.4 Å². The van der Waals surface area contributed by atoms with E-state index >= 15 is 0 Å². The maximum Gasteiger partial charge on any atom is 0.340 e. The first-order valence-corrected chi connectivity index (χ1v) is 8.20. The fraction of sp³-hybridized carbons (Fsp3) is 0.231. The Kier molecular flexibility index (Phi) is 5.17. The van der Waals surface area contributed by atoms with Gasteiger partial charge in [-0.3, -0.25) is 0 Å². The summed E-state index contributed by atoms with van der Waals surface area (Å²) in [5.74, 6) is -0.385. The van der Waals surface area contributed by atoms with Gasteiger partial charge in [0.1, 0.15) is 0 Å². The van der Waals surface area contributed by atoms with E-state index in [4.69, 9.17) is 4.74 Å². The SMILES string of the molecule is COC(=O)c1cc(Br)cc(Br)c1NCc1csc(C)n1.